The second kappa shape index (κ2) is 3.62. The third-order valence-electron chi connectivity index (χ3n) is 2.59. The van der Waals surface area contributed by atoms with Crippen molar-refractivity contribution in [1.29, 1.82) is 0 Å². The van der Waals surface area contributed by atoms with Crippen molar-refractivity contribution in [3.05, 3.63) is 0 Å². The van der Waals surface area contributed by atoms with Gasteiger partial charge in [0.1, 0.15) is 5.78 Å². The van der Waals surface area contributed by atoms with E-state index in [9.17, 15) is 4.79 Å². The standard InChI is InChI=1S/C9H14OS2/c10-8-2-4-9(5-3-8)11-6-1-7-12-9/h1-7H2. The maximum Gasteiger partial charge on any atom is 0.133 e. The first-order chi connectivity index (χ1) is 5.81. The van der Waals surface area contributed by atoms with Crippen LogP contribution in [0.25, 0.3) is 0 Å². The average Bonchev–Trinajstić information content (AvgIpc) is 2.13. The largest absolute Gasteiger partial charge is 0.300 e. The van der Waals surface area contributed by atoms with Gasteiger partial charge in [-0.25, -0.2) is 0 Å². The summed E-state index contributed by atoms with van der Waals surface area (Å²) in [5.74, 6) is 3.09. The lowest BCUT2D eigenvalue weighted by molar-refractivity contribution is -0.120. The fraction of sp³-hybridized carbons (Fsp3) is 0.889. The van der Waals surface area contributed by atoms with Gasteiger partial charge in [-0.15, -0.1) is 23.5 Å². The molecule has 2 rings (SSSR count). The molecule has 12 heavy (non-hydrogen) atoms. The van der Waals surface area contributed by atoms with Gasteiger partial charge in [0.15, 0.2) is 0 Å². The lowest BCUT2D eigenvalue weighted by Gasteiger charge is -2.38. The summed E-state index contributed by atoms with van der Waals surface area (Å²) in [4.78, 5) is 11.1. The molecule has 68 valence electrons. The third-order valence-corrected chi connectivity index (χ3v) is 6.15. The monoisotopic (exact) mass is 202 g/mol. The maximum atomic E-state index is 11.1. The van der Waals surface area contributed by atoms with E-state index in [2.05, 4.69) is 23.5 Å². The number of ketones is 1. The number of thioether (sulfide) groups is 2. The van der Waals surface area contributed by atoms with Crippen molar-refractivity contribution in [2.75, 3.05) is 11.5 Å². The molecule has 1 spiro atoms. The number of hydrogen-bond acceptors (Lipinski definition) is 3. The second-order valence-electron chi connectivity index (χ2n) is 3.50. The molecule has 1 nitrogen and oxygen atoms in total. The van der Waals surface area contributed by atoms with Gasteiger partial charge in [-0.1, -0.05) is 0 Å². The highest BCUT2D eigenvalue weighted by Gasteiger charge is 2.36. The molecule has 3 heteroatoms. The Hall–Kier alpha value is 0.370. The first-order valence-electron chi connectivity index (χ1n) is 4.60. The van der Waals surface area contributed by atoms with Gasteiger partial charge >= 0.3 is 0 Å². The summed E-state index contributed by atoms with van der Waals surface area (Å²) in [5, 5.41) is 0. The van der Waals surface area contributed by atoms with Gasteiger partial charge in [-0.2, -0.15) is 0 Å². The normalized spacial score (nSPS) is 29.2. The highest BCUT2D eigenvalue weighted by atomic mass is 32.2. The van der Waals surface area contributed by atoms with Crippen LogP contribution in [0, 0.1) is 0 Å². The molecule has 1 saturated carbocycles. The third kappa shape index (κ3) is 1.82. The Morgan fingerprint density at radius 3 is 2.25 bits per heavy atom. The molecule has 0 atom stereocenters. The van der Waals surface area contributed by atoms with Crippen LogP contribution >= 0.6 is 23.5 Å². The first kappa shape index (κ1) is 8.95. The molecular weight excluding hydrogens is 188 g/mol. The van der Waals surface area contributed by atoms with Crippen LogP contribution in [0.4, 0.5) is 0 Å². The smallest absolute Gasteiger partial charge is 0.133 e. The Balaban J connectivity index is 1.96. The summed E-state index contributed by atoms with van der Waals surface area (Å²) in [7, 11) is 0. The lowest BCUT2D eigenvalue weighted by atomic mass is 9.98. The zero-order valence-electron chi connectivity index (χ0n) is 7.17. The summed E-state index contributed by atoms with van der Waals surface area (Å²) in [6, 6.07) is 0. The minimum absolute atomic E-state index is 0.451. The number of hydrogen-bond donors (Lipinski definition) is 0. The van der Waals surface area contributed by atoms with Crippen LogP contribution in [0.2, 0.25) is 0 Å². The van der Waals surface area contributed by atoms with E-state index < -0.39 is 0 Å². The van der Waals surface area contributed by atoms with Gasteiger partial charge in [0.25, 0.3) is 0 Å². The van der Waals surface area contributed by atoms with E-state index >= 15 is 0 Å². The highest BCUT2D eigenvalue weighted by Crippen LogP contribution is 2.50. The summed E-state index contributed by atoms with van der Waals surface area (Å²) < 4.78 is 0.451. The van der Waals surface area contributed by atoms with Gasteiger partial charge in [-0.3, -0.25) is 4.79 Å². The van der Waals surface area contributed by atoms with E-state index in [1.54, 1.807) is 0 Å². The second-order valence-corrected chi connectivity index (χ2v) is 6.72. The predicted octanol–water partition coefficient (Wildman–Crippen LogP) is 2.70. The molecule has 1 aliphatic carbocycles. The topological polar surface area (TPSA) is 17.1 Å². The lowest BCUT2D eigenvalue weighted by Crippen LogP contribution is -2.30. The van der Waals surface area contributed by atoms with Gasteiger partial charge in [0.05, 0.1) is 4.08 Å². The van der Waals surface area contributed by atoms with Crippen molar-refractivity contribution in [3.8, 4) is 0 Å². The molecule has 0 amide bonds. The van der Waals surface area contributed by atoms with Crippen LogP contribution in [0.5, 0.6) is 0 Å². The zero-order chi connectivity index (χ0) is 8.44. The van der Waals surface area contributed by atoms with Crippen LogP contribution in [-0.2, 0) is 4.79 Å². The Labute approximate surface area is 82.1 Å². The number of carbonyl (C=O) groups is 1. The molecule has 0 radical (unpaired) electrons. The predicted molar refractivity (Wildman–Crippen MR) is 55.7 cm³/mol. The molecule has 0 unspecified atom stereocenters. The van der Waals surface area contributed by atoms with Crippen LogP contribution < -0.4 is 0 Å². The number of Topliss-reactive ketones (excluding diaryl/α,β-unsaturated/α-hetero) is 1. The maximum absolute atomic E-state index is 11.1. The van der Waals surface area contributed by atoms with E-state index in [0.717, 1.165) is 25.7 Å². The summed E-state index contributed by atoms with van der Waals surface area (Å²) in [6.45, 7) is 0. The molecule has 1 heterocycles. The molecule has 0 aromatic carbocycles. The number of carbonyl (C=O) groups excluding carboxylic acids is 1. The van der Waals surface area contributed by atoms with Gasteiger partial charge < -0.3 is 0 Å². The van der Waals surface area contributed by atoms with E-state index in [1.165, 1.54) is 17.9 Å². The average molecular weight is 202 g/mol. The van der Waals surface area contributed by atoms with Crippen molar-refractivity contribution in [2.24, 2.45) is 0 Å². The fourth-order valence-electron chi connectivity index (χ4n) is 1.82. The SMILES string of the molecule is O=C1CCC2(CC1)SCCCS2. The molecule has 0 N–H and O–H groups in total. The Morgan fingerprint density at radius 1 is 1.08 bits per heavy atom. The van der Waals surface area contributed by atoms with E-state index in [4.69, 9.17) is 0 Å². The van der Waals surface area contributed by atoms with E-state index in [1.807, 2.05) is 0 Å². The van der Waals surface area contributed by atoms with Crippen molar-refractivity contribution >= 4 is 29.3 Å². The minimum atomic E-state index is 0.451. The van der Waals surface area contributed by atoms with E-state index in [0.29, 0.717) is 9.86 Å². The Bertz CT molecular complexity index is 173. The van der Waals surface area contributed by atoms with Crippen molar-refractivity contribution < 1.29 is 4.79 Å². The van der Waals surface area contributed by atoms with Gasteiger partial charge in [-0.05, 0) is 30.8 Å². The minimum Gasteiger partial charge on any atom is -0.300 e. The van der Waals surface area contributed by atoms with Crippen molar-refractivity contribution in [1.82, 2.24) is 0 Å². The molecule has 0 bridgehead atoms. The summed E-state index contributed by atoms with van der Waals surface area (Å²) in [6.07, 6.45) is 5.27. The molecule has 0 aromatic rings. The fourth-order valence-corrected chi connectivity index (χ4v) is 5.14. The molecule has 0 aromatic heterocycles. The van der Waals surface area contributed by atoms with Crippen molar-refractivity contribution in [3.63, 3.8) is 0 Å². The van der Waals surface area contributed by atoms with Crippen LogP contribution in [0.15, 0.2) is 0 Å². The molecular formula is C9H14OS2. The molecule has 1 saturated heterocycles. The van der Waals surface area contributed by atoms with Crippen molar-refractivity contribution in [2.45, 2.75) is 36.2 Å². The summed E-state index contributed by atoms with van der Waals surface area (Å²) >= 11 is 4.20. The van der Waals surface area contributed by atoms with Crippen LogP contribution in [-0.4, -0.2) is 21.4 Å². The van der Waals surface area contributed by atoms with Gasteiger partial charge in [0.2, 0.25) is 0 Å². The Kier molecular flexibility index (Phi) is 2.70. The Morgan fingerprint density at radius 2 is 1.67 bits per heavy atom. The van der Waals surface area contributed by atoms with Crippen LogP contribution in [0.1, 0.15) is 32.1 Å². The van der Waals surface area contributed by atoms with Gasteiger partial charge in [0, 0.05) is 12.8 Å². The number of rotatable bonds is 0. The van der Waals surface area contributed by atoms with E-state index in [-0.39, 0.29) is 0 Å². The quantitative estimate of drug-likeness (QED) is 0.601. The zero-order valence-corrected chi connectivity index (χ0v) is 8.81. The molecule has 2 aliphatic rings. The highest BCUT2D eigenvalue weighted by molar-refractivity contribution is 8.18. The molecule has 2 fully saturated rings. The summed E-state index contributed by atoms with van der Waals surface area (Å²) in [5.41, 5.74) is 0. The van der Waals surface area contributed by atoms with Crippen LogP contribution in [0.3, 0.4) is 0 Å². The first-order valence-corrected chi connectivity index (χ1v) is 6.58. The molecule has 1 aliphatic heterocycles.